The summed E-state index contributed by atoms with van der Waals surface area (Å²) in [4.78, 5) is 19.5. The van der Waals surface area contributed by atoms with Crippen LogP contribution in [0.5, 0.6) is 5.75 Å². The number of methoxy groups -OCH3 is 1. The minimum Gasteiger partial charge on any atom is -0.484 e. The molecule has 0 unspecified atom stereocenters. The van der Waals surface area contributed by atoms with Crippen LogP contribution in [-0.4, -0.2) is 23.0 Å². The fourth-order valence-electron chi connectivity index (χ4n) is 1.61. The van der Waals surface area contributed by atoms with Gasteiger partial charge in [-0.3, -0.25) is 0 Å². The van der Waals surface area contributed by atoms with Gasteiger partial charge in [-0.25, -0.2) is 14.8 Å². The van der Waals surface area contributed by atoms with Crippen molar-refractivity contribution in [2.45, 2.75) is 13.5 Å². The number of nitrogens with zero attached hydrogens (tertiary/aromatic N) is 2. The lowest BCUT2D eigenvalue weighted by Gasteiger charge is -2.11. The second kappa shape index (κ2) is 5.95. The molecule has 0 aliphatic carbocycles. The van der Waals surface area contributed by atoms with Crippen LogP contribution in [0.4, 0.5) is 0 Å². The zero-order chi connectivity index (χ0) is 13.7. The Labute approximate surface area is 111 Å². The maximum Gasteiger partial charge on any atom is 0.360 e. The van der Waals surface area contributed by atoms with E-state index in [1.807, 2.05) is 30.3 Å². The van der Waals surface area contributed by atoms with Crippen molar-refractivity contribution < 1.29 is 14.3 Å². The number of aryl methyl sites for hydroxylation is 1. The number of ether oxygens (including phenoxy) is 2. The summed E-state index contributed by atoms with van der Waals surface area (Å²) >= 11 is 0. The first-order chi connectivity index (χ1) is 9.22. The fraction of sp³-hybridized carbons (Fsp3) is 0.214. The minimum absolute atomic E-state index is 0.144. The van der Waals surface area contributed by atoms with Crippen molar-refractivity contribution >= 4 is 5.97 Å². The molecule has 19 heavy (non-hydrogen) atoms. The first-order valence-corrected chi connectivity index (χ1v) is 5.79. The Morgan fingerprint density at radius 2 is 1.95 bits per heavy atom. The number of carbonyl (C=O) groups is 1. The summed E-state index contributed by atoms with van der Waals surface area (Å²) in [6, 6.07) is 9.66. The number of benzene rings is 1. The van der Waals surface area contributed by atoms with Crippen LogP contribution in [-0.2, 0) is 11.3 Å². The predicted molar refractivity (Wildman–Crippen MR) is 68.9 cm³/mol. The summed E-state index contributed by atoms with van der Waals surface area (Å²) in [5, 5.41) is 0. The Bertz CT molecular complexity index is 570. The van der Waals surface area contributed by atoms with E-state index >= 15 is 0 Å². The zero-order valence-electron chi connectivity index (χ0n) is 10.8. The van der Waals surface area contributed by atoms with Gasteiger partial charge in [0.05, 0.1) is 12.8 Å². The normalized spacial score (nSPS) is 10.0. The van der Waals surface area contributed by atoms with Gasteiger partial charge in [0.15, 0.2) is 11.4 Å². The summed E-state index contributed by atoms with van der Waals surface area (Å²) in [5.41, 5.74) is 1.75. The van der Waals surface area contributed by atoms with E-state index in [-0.39, 0.29) is 5.69 Å². The molecule has 0 aliphatic rings. The van der Waals surface area contributed by atoms with Crippen LogP contribution in [0.1, 0.15) is 21.7 Å². The van der Waals surface area contributed by atoms with Gasteiger partial charge in [-0.05, 0) is 12.5 Å². The SMILES string of the molecule is COC(=O)c1ncnc(C)c1OCc1ccccc1. The lowest BCUT2D eigenvalue weighted by Crippen LogP contribution is -2.10. The monoisotopic (exact) mass is 258 g/mol. The molecule has 0 saturated carbocycles. The summed E-state index contributed by atoms with van der Waals surface area (Å²) < 4.78 is 10.3. The van der Waals surface area contributed by atoms with E-state index in [1.165, 1.54) is 13.4 Å². The number of hydrogen-bond donors (Lipinski definition) is 0. The molecule has 0 aliphatic heterocycles. The van der Waals surface area contributed by atoms with Crippen LogP contribution in [0.15, 0.2) is 36.7 Å². The van der Waals surface area contributed by atoms with Crippen molar-refractivity contribution in [2.24, 2.45) is 0 Å². The van der Waals surface area contributed by atoms with Gasteiger partial charge in [-0.2, -0.15) is 0 Å². The second-order valence-electron chi connectivity index (χ2n) is 3.90. The van der Waals surface area contributed by atoms with Gasteiger partial charge in [-0.1, -0.05) is 30.3 Å². The van der Waals surface area contributed by atoms with E-state index < -0.39 is 5.97 Å². The molecule has 5 heteroatoms. The van der Waals surface area contributed by atoms with Gasteiger partial charge >= 0.3 is 5.97 Å². The molecule has 1 heterocycles. The van der Waals surface area contributed by atoms with Gasteiger partial charge in [0.25, 0.3) is 0 Å². The Kier molecular flexibility index (Phi) is 4.07. The Hall–Kier alpha value is -2.43. The first kappa shape index (κ1) is 13.0. The molecule has 0 saturated heterocycles. The molecular formula is C14H14N2O3. The lowest BCUT2D eigenvalue weighted by atomic mass is 10.2. The molecule has 0 bridgehead atoms. The quantitative estimate of drug-likeness (QED) is 0.786. The van der Waals surface area contributed by atoms with Crippen LogP contribution < -0.4 is 4.74 Å². The third-order valence-corrected chi connectivity index (χ3v) is 2.59. The van der Waals surface area contributed by atoms with Gasteiger partial charge in [-0.15, -0.1) is 0 Å². The molecule has 98 valence electrons. The smallest absolute Gasteiger partial charge is 0.360 e. The zero-order valence-corrected chi connectivity index (χ0v) is 10.8. The molecule has 5 nitrogen and oxygen atoms in total. The van der Waals surface area contributed by atoms with Crippen LogP contribution in [0.3, 0.4) is 0 Å². The molecule has 1 aromatic heterocycles. The third-order valence-electron chi connectivity index (χ3n) is 2.59. The van der Waals surface area contributed by atoms with E-state index in [0.717, 1.165) is 5.56 Å². The second-order valence-corrected chi connectivity index (χ2v) is 3.90. The van der Waals surface area contributed by atoms with E-state index in [4.69, 9.17) is 4.74 Å². The summed E-state index contributed by atoms with van der Waals surface area (Å²) in [5.74, 6) is -0.174. The van der Waals surface area contributed by atoms with E-state index in [0.29, 0.717) is 18.1 Å². The van der Waals surface area contributed by atoms with Crippen molar-refractivity contribution in [1.29, 1.82) is 0 Å². The summed E-state index contributed by atoms with van der Waals surface area (Å²) in [6.07, 6.45) is 1.32. The Morgan fingerprint density at radius 3 is 2.63 bits per heavy atom. The minimum atomic E-state index is -0.534. The number of carbonyl (C=O) groups excluding carboxylic acids is 1. The fourth-order valence-corrected chi connectivity index (χ4v) is 1.61. The molecule has 0 fully saturated rings. The first-order valence-electron chi connectivity index (χ1n) is 5.79. The predicted octanol–water partition coefficient (Wildman–Crippen LogP) is 2.15. The highest BCUT2D eigenvalue weighted by molar-refractivity contribution is 5.90. The molecule has 0 atom stereocenters. The molecule has 0 amide bonds. The average Bonchev–Trinajstić information content (AvgIpc) is 2.46. The molecule has 1 aromatic carbocycles. The highest BCUT2D eigenvalue weighted by atomic mass is 16.5. The van der Waals surface area contributed by atoms with Crippen LogP contribution >= 0.6 is 0 Å². The van der Waals surface area contributed by atoms with Crippen molar-refractivity contribution in [3.8, 4) is 5.75 Å². The van der Waals surface area contributed by atoms with E-state index in [9.17, 15) is 4.79 Å². The van der Waals surface area contributed by atoms with E-state index in [1.54, 1.807) is 6.92 Å². The molecule has 2 aromatic rings. The van der Waals surface area contributed by atoms with E-state index in [2.05, 4.69) is 14.7 Å². The number of aromatic nitrogens is 2. The standard InChI is InChI=1S/C14H14N2O3/c1-10-13(12(14(17)18-2)16-9-15-10)19-8-11-6-4-3-5-7-11/h3-7,9H,8H2,1-2H3. The number of esters is 1. The van der Waals surface area contributed by atoms with Crippen molar-refractivity contribution in [3.05, 3.63) is 53.6 Å². The number of rotatable bonds is 4. The summed E-state index contributed by atoms with van der Waals surface area (Å²) in [7, 11) is 1.31. The van der Waals surface area contributed by atoms with Gasteiger partial charge in [0, 0.05) is 0 Å². The van der Waals surface area contributed by atoms with Crippen molar-refractivity contribution in [1.82, 2.24) is 9.97 Å². The number of hydrogen-bond acceptors (Lipinski definition) is 5. The highest BCUT2D eigenvalue weighted by Crippen LogP contribution is 2.21. The average molecular weight is 258 g/mol. The Morgan fingerprint density at radius 1 is 1.21 bits per heavy atom. The third kappa shape index (κ3) is 3.07. The van der Waals surface area contributed by atoms with Gasteiger partial charge < -0.3 is 9.47 Å². The van der Waals surface area contributed by atoms with Gasteiger partial charge in [0.1, 0.15) is 12.9 Å². The van der Waals surface area contributed by atoms with Crippen molar-refractivity contribution in [3.63, 3.8) is 0 Å². The highest BCUT2D eigenvalue weighted by Gasteiger charge is 2.17. The Balaban J connectivity index is 2.22. The molecule has 0 radical (unpaired) electrons. The lowest BCUT2D eigenvalue weighted by molar-refractivity contribution is 0.0587. The molecule has 0 spiro atoms. The van der Waals surface area contributed by atoms with Gasteiger partial charge in [0.2, 0.25) is 0 Å². The molecule has 0 N–H and O–H groups in total. The van der Waals surface area contributed by atoms with Crippen LogP contribution in [0.25, 0.3) is 0 Å². The largest absolute Gasteiger partial charge is 0.484 e. The van der Waals surface area contributed by atoms with Crippen LogP contribution in [0.2, 0.25) is 0 Å². The molecule has 2 rings (SSSR count). The topological polar surface area (TPSA) is 61.3 Å². The maximum atomic E-state index is 11.6. The maximum absolute atomic E-state index is 11.6. The van der Waals surface area contributed by atoms with Crippen molar-refractivity contribution in [2.75, 3.05) is 7.11 Å². The van der Waals surface area contributed by atoms with Crippen LogP contribution in [0, 0.1) is 6.92 Å². The summed E-state index contributed by atoms with van der Waals surface area (Å²) in [6.45, 7) is 2.10. The molecular weight excluding hydrogens is 244 g/mol.